The van der Waals surface area contributed by atoms with E-state index < -0.39 is 29.0 Å². The largest absolute Gasteiger partial charge is 0.389 e. The highest BCUT2D eigenvalue weighted by atomic mass is 16.3. The fraction of sp³-hybridized carbons (Fsp3) is 0.810. The SMILES string of the molecule is C[C@]12CC[C@H]3[C@@H](CCC4=CC(=O)CC[C@@]43C)[C@]1(O)CC[C@@]2(O)C(=O)CO. The molecule has 4 aliphatic carbocycles. The van der Waals surface area contributed by atoms with Crippen molar-refractivity contribution < 1.29 is 24.9 Å². The number of ketones is 2. The normalized spacial score (nSPS) is 50.5. The fourth-order valence-electron chi connectivity index (χ4n) is 7.12. The van der Waals surface area contributed by atoms with Crippen molar-refractivity contribution >= 4 is 11.6 Å². The van der Waals surface area contributed by atoms with E-state index in [1.807, 2.05) is 13.0 Å². The number of hydrogen-bond donors (Lipinski definition) is 3. The van der Waals surface area contributed by atoms with Gasteiger partial charge in [0.2, 0.25) is 0 Å². The molecule has 0 spiro atoms. The van der Waals surface area contributed by atoms with Crippen LogP contribution in [0.1, 0.15) is 65.2 Å². The molecule has 0 radical (unpaired) electrons. The van der Waals surface area contributed by atoms with Gasteiger partial charge in [0, 0.05) is 11.8 Å². The van der Waals surface area contributed by atoms with Gasteiger partial charge in [0.1, 0.15) is 12.2 Å². The average Bonchev–Trinajstić information content (AvgIpc) is 2.84. The second kappa shape index (κ2) is 5.49. The summed E-state index contributed by atoms with van der Waals surface area (Å²) in [5.74, 6) is -0.0864. The number of fused-ring (bicyclic) bond motifs is 5. The Bertz CT molecular complexity index is 699. The van der Waals surface area contributed by atoms with Crippen molar-refractivity contribution in [3.8, 4) is 0 Å². The fourth-order valence-corrected chi connectivity index (χ4v) is 7.12. The third-order valence-corrected chi connectivity index (χ3v) is 8.90. The molecule has 0 aromatic carbocycles. The molecule has 4 rings (SSSR count). The minimum absolute atomic E-state index is 0.0112. The molecule has 0 aromatic rings. The highest BCUT2D eigenvalue weighted by Crippen LogP contribution is 2.69. The molecule has 6 atom stereocenters. The first-order valence-electron chi connectivity index (χ1n) is 9.95. The Morgan fingerprint density at radius 3 is 2.50 bits per heavy atom. The molecule has 5 heteroatoms. The highest BCUT2D eigenvalue weighted by Gasteiger charge is 2.72. The van der Waals surface area contributed by atoms with Crippen LogP contribution in [0.15, 0.2) is 11.6 Å². The second-order valence-corrected chi connectivity index (χ2v) is 9.54. The van der Waals surface area contributed by atoms with Crippen LogP contribution in [-0.4, -0.2) is 44.7 Å². The first-order valence-corrected chi connectivity index (χ1v) is 9.95. The van der Waals surface area contributed by atoms with Crippen molar-refractivity contribution in [3.63, 3.8) is 0 Å². The van der Waals surface area contributed by atoms with E-state index in [2.05, 4.69) is 6.92 Å². The predicted molar refractivity (Wildman–Crippen MR) is 95.2 cm³/mol. The van der Waals surface area contributed by atoms with Gasteiger partial charge in [-0.15, -0.1) is 0 Å². The zero-order valence-electron chi connectivity index (χ0n) is 15.8. The smallest absolute Gasteiger partial charge is 0.190 e. The lowest BCUT2D eigenvalue weighted by molar-refractivity contribution is -0.217. The van der Waals surface area contributed by atoms with Gasteiger partial charge >= 0.3 is 0 Å². The van der Waals surface area contributed by atoms with Crippen molar-refractivity contribution in [1.82, 2.24) is 0 Å². The van der Waals surface area contributed by atoms with E-state index >= 15 is 0 Å². The van der Waals surface area contributed by atoms with Crippen molar-refractivity contribution in [3.05, 3.63) is 11.6 Å². The van der Waals surface area contributed by atoms with Crippen LogP contribution in [0.25, 0.3) is 0 Å². The second-order valence-electron chi connectivity index (χ2n) is 9.54. The van der Waals surface area contributed by atoms with Crippen LogP contribution in [-0.2, 0) is 9.59 Å². The zero-order chi connectivity index (χ0) is 19.0. The minimum Gasteiger partial charge on any atom is -0.389 e. The number of allylic oxidation sites excluding steroid dienone is 1. The van der Waals surface area contributed by atoms with Gasteiger partial charge in [-0.1, -0.05) is 19.4 Å². The summed E-state index contributed by atoms with van der Waals surface area (Å²) in [6.45, 7) is 3.37. The molecule has 0 unspecified atom stereocenters. The van der Waals surface area contributed by atoms with Crippen LogP contribution < -0.4 is 0 Å². The summed E-state index contributed by atoms with van der Waals surface area (Å²) < 4.78 is 0. The van der Waals surface area contributed by atoms with Crippen LogP contribution in [0.4, 0.5) is 0 Å². The Morgan fingerprint density at radius 1 is 1.08 bits per heavy atom. The summed E-state index contributed by atoms with van der Waals surface area (Å²) in [6, 6.07) is 0. The first-order chi connectivity index (χ1) is 12.1. The monoisotopic (exact) mass is 362 g/mol. The summed E-state index contributed by atoms with van der Waals surface area (Å²) in [6.07, 6.45) is 6.79. The summed E-state index contributed by atoms with van der Waals surface area (Å²) in [4.78, 5) is 24.3. The maximum Gasteiger partial charge on any atom is 0.190 e. The molecule has 3 saturated carbocycles. The van der Waals surface area contributed by atoms with Gasteiger partial charge < -0.3 is 15.3 Å². The Labute approximate surface area is 154 Å². The van der Waals surface area contributed by atoms with E-state index in [4.69, 9.17) is 0 Å². The van der Waals surface area contributed by atoms with Crippen LogP contribution in [0.3, 0.4) is 0 Å². The quantitative estimate of drug-likeness (QED) is 0.698. The van der Waals surface area contributed by atoms with Gasteiger partial charge in [-0.25, -0.2) is 0 Å². The molecular formula is C21H30O5. The van der Waals surface area contributed by atoms with Crippen molar-refractivity contribution in [2.75, 3.05) is 6.61 Å². The number of aliphatic hydroxyl groups is 3. The van der Waals surface area contributed by atoms with E-state index in [1.54, 1.807) is 0 Å². The molecule has 3 N–H and O–H groups in total. The number of rotatable bonds is 2. The van der Waals surface area contributed by atoms with Crippen LogP contribution >= 0.6 is 0 Å². The molecule has 0 heterocycles. The third kappa shape index (κ3) is 1.97. The molecule has 26 heavy (non-hydrogen) atoms. The molecule has 5 nitrogen and oxygen atoms in total. The molecule has 0 aromatic heterocycles. The molecule has 0 aliphatic heterocycles. The van der Waals surface area contributed by atoms with Gasteiger partial charge in [-0.3, -0.25) is 9.59 Å². The van der Waals surface area contributed by atoms with Gasteiger partial charge in [0.25, 0.3) is 0 Å². The van der Waals surface area contributed by atoms with E-state index in [-0.39, 0.29) is 29.5 Å². The topological polar surface area (TPSA) is 94.8 Å². The number of aliphatic hydroxyl groups excluding tert-OH is 1. The Morgan fingerprint density at radius 2 is 1.81 bits per heavy atom. The lowest BCUT2D eigenvalue weighted by atomic mass is 9.44. The van der Waals surface area contributed by atoms with Gasteiger partial charge in [-0.2, -0.15) is 0 Å². The predicted octanol–water partition coefficient (Wildman–Crippen LogP) is 1.93. The molecular weight excluding hydrogens is 332 g/mol. The summed E-state index contributed by atoms with van der Waals surface area (Å²) in [5, 5.41) is 32.4. The highest BCUT2D eigenvalue weighted by molar-refractivity contribution is 5.92. The maximum atomic E-state index is 12.4. The zero-order valence-corrected chi connectivity index (χ0v) is 15.8. The van der Waals surface area contributed by atoms with E-state index in [1.165, 1.54) is 5.57 Å². The number of carbonyl (C=O) groups excluding carboxylic acids is 2. The maximum absolute atomic E-state index is 12.4. The average molecular weight is 362 g/mol. The Balaban J connectivity index is 1.75. The van der Waals surface area contributed by atoms with E-state index in [9.17, 15) is 24.9 Å². The Kier molecular flexibility index (Phi) is 3.87. The van der Waals surface area contributed by atoms with Crippen LogP contribution in [0, 0.1) is 22.7 Å². The van der Waals surface area contributed by atoms with Gasteiger partial charge in [0.05, 0.1) is 5.60 Å². The Hall–Kier alpha value is -1.04. The molecule has 144 valence electrons. The summed E-state index contributed by atoms with van der Waals surface area (Å²) in [5.41, 5.74) is -2.53. The van der Waals surface area contributed by atoms with Crippen molar-refractivity contribution in [1.29, 1.82) is 0 Å². The van der Waals surface area contributed by atoms with E-state index in [0.29, 0.717) is 19.3 Å². The third-order valence-electron chi connectivity index (χ3n) is 8.90. The van der Waals surface area contributed by atoms with Gasteiger partial charge in [0.15, 0.2) is 11.6 Å². The number of carbonyl (C=O) groups is 2. The van der Waals surface area contributed by atoms with Crippen molar-refractivity contribution in [2.24, 2.45) is 22.7 Å². The standard InChI is InChI=1S/C21H30O5/c1-18-7-5-14(23)11-13(18)3-4-16-15(18)6-8-19(2)20(16,25)9-10-21(19,26)17(24)12-22/h11,15-16,22,25-26H,3-10,12H2,1-2H3/t15-,16+,18-,19-,20+,21+/m0/s1. The number of Topliss-reactive ketones (excluding diaryl/α,β-unsaturated/α-hetero) is 1. The first kappa shape index (κ1) is 18.3. The molecule has 4 aliphatic rings. The van der Waals surface area contributed by atoms with Crippen molar-refractivity contribution in [2.45, 2.75) is 76.4 Å². The lowest BCUT2D eigenvalue weighted by Crippen LogP contribution is -2.66. The lowest BCUT2D eigenvalue weighted by Gasteiger charge is -2.62. The van der Waals surface area contributed by atoms with Crippen LogP contribution in [0.5, 0.6) is 0 Å². The molecule has 0 amide bonds. The van der Waals surface area contributed by atoms with E-state index in [0.717, 1.165) is 25.7 Å². The molecule has 0 bridgehead atoms. The van der Waals surface area contributed by atoms with Gasteiger partial charge in [-0.05, 0) is 68.3 Å². The minimum atomic E-state index is -1.65. The summed E-state index contributed by atoms with van der Waals surface area (Å²) in [7, 11) is 0. The number of hydrogen-bond acceptors (Lipinski definition) is 5. The molecule has 0 saturated heterocycles. The van der Waals surface area contributed by atoms with Crippen LogP contribution in [0.2, 0.25) is 0 Å². The summed E-state index contributed by atoms with van der Waals surface area (Å²) >= 11 is 0. The molecule has 3 fully saturated rings.